The number of hydrogen-bond acceptors (Lipinski definition) is 5. The number of halogens is 1. The minimum absolute atomic E-state index is 0. The van der Waals surface area contributed by atoms with E-state index in [-0.39, 0.29) is 24.4 Å². The Kier molecular flexibility index (Phi) is 4.78. The van der Waals surface area contributed by atoms with Crippen molar-refractivity contribution in [1.29, 1.82) is 0 Å². The highest BCUT2D eigenvalue weighted by Crippen LogP contribution is 2.42. The lowest BCUT2D eigenvalue weighted by molar-refractivity contribution is 0.0777. The highest BCUT2D eigenvalue weighted by molar-refractivity contribution is 5.96. The maximum atomic E-state index is 12.9. The molecule has 2 fully saturated rings. The molecule has 0 bridgehead atoms. The third-order valence-corrected chi connectivity index (χ3v) is 5.27. The molecule has 1 aromatic carbocycles. The van der Waals surface area contributed by atoms with Crippen LogP contribution >= 0.6 is 12.4 Å². The van der Waals surface area contributed by atoms with E-state index in [9.17, 15) is 4.79 Å². The average Bonchev–Trinajstić information content (AvgIpc) is 3.15. The van der Waals surface area contributed by atoms with Crippen molar-refractivity contribution >= 4 is 18.3 Å². The summed E-state index contributed by atoms with van der Waals surface area (Å²) in [6.07, 6.45) is 2.20. The standard InChI is InChI=1S/C17H22N2O4.ClH/c1-21-14-6-11(7-15-16(14)23-5-4-22-15)17(20)19-8-10-2-3-13(18)12(10)9-19;/h6-7,10,12-13H,2-5,8-9,18H2,1H3;1H. The van der Waals surface area contributed by atoms with Crippen molar-refractivity contribution in [1.82, 2.24) is 4.90 Å². The zero-order valence-electron chi connectivity index (χ0n) is 13.7. The van der Waals surface area contributed by atoms with Gasteiger partial charge >= 0.3 is 0 Å². The third-order valence-electron chi connectivity index (χ3n) is 5.27. The van der Waals surface area contributed by atoms with Crippen molar-refractivity contribution in [2.75, 3.05) is 33.4 Å². The SMILES string of the molecule is COc1cc(C(=O)N2CC3CCC(N)C3C2)cc2c1OCCO2.Cl. The van der Waals surface area contributed by atoms with Crippen LogP contribution in [0.5, 0.6) is 17.2 Å². The Bertz CT molecular complexity index is 622. The topological polar surface area (TPSA) is 74.0 Å². The van der Waals surface area contributed by atoms with Gasteiger partial charge in [-0.3, -0.25) is 4.79 Å². The molecule has 6 nitrogen and oxygen atoms in total. The van der Waals surface area contributed by atoms with Crippen molar-refractivity contribution in [2.24, 2.45) is 17.6 Å². The number of fused-ring (bicyclic) bond motifs is 2. The highest BCUT2D eigenvalue weighted by atomic mass is 35.5. The Morgan fingerprint density at radius 2 is 2.04 bits per heavy atom. The molecule has 1 aromatic rings. The number of hydrogen-bond donors (Lipinski definition) is 1. The van der Waals surface area contributed by atoms with E-state index in [0.717, 1.165) is 25.9 Å². The molecule has 2 aliphatic heterocycles. The minimum atomic E-state index is 0. The molecule has 7 heteroatoms. The first-order valence-electron chi connectivity index (χ1n) is 8.20. The molecule has 0 spiro atoms. The number of nitrogens with two attached hydrogens (primary N) is 1. The fourth-order valence-corrected chi connectivity index (χ4v) is 4.05. The Morgan fingerprint density at radius 3 is 2.79 bits per heavy atom. The molecule has 3 unspecified atom stereocenters. The number of rotatable bonds is 2. The summed E-state index contributed by atoms with van der Waals surface area (Å²) < 4.78 is 16.6. The number of amides is 1. The van der Waals surface area contributed by atoms with Gasteiger partial charge in [-0.05, 0) is 36.8 Å². The molecule has 3 atom stereocenters. The molecular weight excluding hydrogens is 332 g/mol. The molecule has 1 amide bonds. The van der Waals surface area contributed by atoms with Crippen LogP contribution in [-0.4, -0.2) is 50.3 Å². The van der Waals surface area contributed by atoms with E-state index in [0.29, 0.717) is 47.9 Å². The lowest BCUT2D eigenvalue weighted by Crippen LogP contribution is -2.33. The number of carbonyl (C=O) groups excluding carboxylic acids is 1. The van der Waals surface area contributed by atoms with Crippen LogP contribution in [-0.2, 0) is 0 Å². The van der Waals surface area contributed by atoms with Gasteiger partial charge in [-0.1, -0.05) is 0 Å². The van der Waals surface area contributed by atoms with Gasteiger partial charge in [0.15, 0.2) is 11.5 Å². The van der Waals surface area contributed by atoms with Gasteiger partial charge in [0, 0.05) is 24.7 Å². The zero-order valence-corrected chi connectivity index (χ0v) is 14.5. The molecule has 24 heavy (non-hydrogen) atoms. The van der Waals surface area contributed by atoms with Gasteiger partial charge in [0.25, 0.3) is 5.91 Å². The van der Waals surface area contributed by atoms with Crippen molar-refractivity contribution in [3.63, 3.8) is 0 Å². The summed E-state index contributed by atoms with van der Waals surface area (Å²) in [7, 11) is 1.57. The second kappa shape index (κ2) is 6.69. The first-order chi connectivity index (χ1) is 11.2. The van der Waals surface area contributed by atoms with Crippen LogP contribution in [0, 0.1) is 11.8 Å². The van der Waals surface area contributed by atoms with Gasteiger partial charge in [0.2, 0.25) is 5.75 Å². The largest absolute Gasteiger partial charge is 0.493 e. The molecule has 4 rings (SSSR count). The Morgan fingerprint density at radius 1 is 1.25 bits per heavy atom. The van der Waals surface area contributed by atoms with Crippen LogP contribution in [0.3, 0.4) is 0 Å². The van der Waals surface area contributed by atoms with Gasteiger partial charge in [-0.15, -0.1) is 12.4 Å². The number of likely N-dealkylation sites (tertiary alicyclic amines) is 1. The monoisotopic (exact) mass is 354 g/mol. The summed E-state index contributed by atoms with van der Waals surface area (Å²) in [6.45, 7) is 2.52. The summed E-state index contributed by atoms with van der Waals surface area (Å²) in [4.78, 5) is 14.8. The van der Waals surface area contributed by atoms with E-state index >= 15 is 0 Å². The van der Waals surface area contributed by atoms with E-state index in [4.69, 9.17) is 19.9 Å². The minimum Gasteiger partial charge on any atom is -0.493 e. The van der Waals surface area contributed by atoms with Crippen LogP contribution in [0.15, 0.2) is 12.1 Å². The van der Waals surface area contributed by atoms with Gasteiger partial charge in [0.1, 0.15) is 13.2 Å². The summed E-state index contributed by atoms with van der Waals surface area (Å²) in [5, 5.41) is 0. The molecule has 1 saturated heterocycles. The number of carbonyl (C=O) groups is 1. The van der Waals surface area contributed by atoms with Crippen molar-refractivity contribution in [3.8, 4) is 17.2 Å². The molecule has 0 aromatic heterocycles. The molecule has 3 aliphatic rings. The molecule has 1 saturated carbocycles. The first-order valence-corrected chi connectivity index (χ1v) is 8.20. The van der Waals surface area contributed by atoms with Crippen LogP contribution in [0.2, 0.25) is 0 Å². The lowest BCUT2D eigenvalue weighted by atomic mass is 9.98. The van der Waals surface area contributed by atoms with Gasteiger partial charge in [0.05, 0.1) is 7.11 Å². The Labute approximate surface area is 147 Å². The van der Waals surface area contributed by atoms with Crippen LogP contribution in [0.1, 0.15) is 23.2 Å². The van der Waals surface area contributed by atoms with Crippen LogP contribution in [0.4, 0.5) is 0 Å². The smallest absolute Gasteiger partial charge is 0.254 e. The molecule has 0 radical (unpaired) electrons. The van der Waals surface area contributed by atoms with Crippen LogP contribution in [0.25, 0.3) is 0 Å². The second-order valence-electron chi connectivity index (χ2n) is 6.58. The molecule has 2 heterocycles. The molecule has 132 valence electrons. The van der Waals surface area contributed by atoms with Crippen molar-refractivity contribution in [3.05, 3.63) is 17.7 Å². The fourth-order valence-electron chi connectivity index (χ4n) is 4.05. The van der Waals surface area contributed by atoms with Gasteiger partial charge < -0.3 is 24.8 Å². The number of ether oxygens (including phenoxy) is 3. The van der Waals surface area contributed by atoms with Gasteiger partial charge in [-0.25, -0.2) is 0 Å². The Balaban J connectivity index is 0.00000169. The average molecular weight is 355 g/mol. The lowest BCUT2D eigenvalue weighted by Gasteiger charge is -2.23. The summed E-state index contributed by atoms with van der Waals surface area (Å²) in [5.41, 5.74) is 6.75. The fraction of sp³-hybridized carbons (Fsp3) is 0.588. The number of methoxy groups -OCH3 is 1. The molecular formula is C17H23ClN2O4. The Hall–Kier alpha value is -1.66. The normalized spacial score (nSPS) is 27.4. The van der Waals surface area contributed by atoms with E-state index in [1.54, 1.807) is 19.2 Å². The summed E-state index contributed by atoms with van der Waals surface area (Å²) >= 11 is 0. The third kappa shape index (κ3) is 2.78. The van der Waals surface area contributed by atoms with E-state index < -0.39 is 0 Å². The van der Waals surface area contributed by atoms with E-state index in [1.807, 2.05) is 4.90 Å². The van der Waals surface area contributed by atoms with E-state index in [2.05, 4.69) is 0 Å². The van der Waals surface area contributed by atoms with Crippen LogP contribution < -0.4 is 19.9 Å². The predicted molar refractivity (Wildman–Crippen MR) is 91.3 cm³/mol. The molecule has 2 N–H and O–H groups in total. The van der Waals surface area contributed by atoms with E-state index in [1.165, 1.54) is 0 Å². The van der Waals surface area contributed by atoms with Crippen molar-refractivity contribution in [2.45, 2.75) is 18.9 Å². The summed E-state index contributed by atoms with van der Waals surface area (Å²) in [6, 6.07) is 3.73. The zero-order chi connectivity index (χ0) is 16.0. The van der Waals surface area contributed by atoms with Gasteiger partial charge in [-0.2, -0.15) is 0 Å². The summed E-state index contributed by atoms with van der Waals surface area (Å²) in [5.74, 6) is 2.71. The second-order valence-corrected chi connectivity index (χ2v) is 6.58. The molecule has 1 aliphatic carbocycles. The highest BCUT2D eigenvalue weighted by Gasteiger charge is 2.42. The van der Waals surface area contributed by atoms with Crippen molar-refractivity contribution < 1.29 is 19.0 Å². The number of benzene rings is 1. The first kappa shape index (κ1) is 17.2. The maximum absolute atomic E-state index is 12.9. The number of nitrogens with zero attached hydrogens (tertiary/aromatic N) is 1. The quantitative estimate of drug-likeness (QED) is 0.875. The predicted octanol–water partition coefficient (Wildman–Crippen LogP) is 1.70. The maximum Gasteiger partial charge on any atom is 0.254 e.